The largest absolute Gasteiger partial charge is 0.497 e. The van der Waals surface area contributed by atoms with Crippen LogP contribution >= 0.6 is 11.6 Å². The highest BCUT2D eigenvalue weighted by Gasteiger charge is 2.23. The lowest BCUT2D eigenvalue weighted by molar-refractivity contribution is -0.116. The molecule has 0 spiro atoms. The SMILES string of the molecule is CCN(CC(=O)Nc1cc(C(C)(C)C)nn1-c1ccc(OC)cc1)C(=O)c1ccccc1Cl. The molecule has 0 aliphatic rings. The second-order valence-electron chi connectivity index (χ2n) is 8.62. The van der Waals surface area contributed by atoms with Gasteiger partial charge in [0.25, 0.3) is 5.91 Å². The van der Waals surface area contributed by atoms with Crippen LogP contribution in [0.5, 0.6) is 5.75 Å². The summed E-state index contributed by atoms with van der Waals surface area (Å²) in [6.07, 6.45) is 0. The van der Waals surface area contributed by atoms with Crippen LogP contribution in [-0.4, -0.2) is 46.7 Å². The number of amides is 2. The zero-order valence-corrected chi connectivity index (χ0v) is 20.3. The Bertz CT molecular complexity index is 1130. The van der Waals surface area contributed by atoms with Crippen molar-refractivity contribution in [2.45, 2.75) is 33.1 Å². The molecule has 1 N–H and O–H groups in total. The first-order valence-corrected chi connectivity index (χ1v) is 11.1. The summed E-state index contributed by atoms with van der Waals surface area (Å²) in [4.78, 5) is 27.3. The predicted molar refractivity (Wildman–Crippen MR) is 130 cm³/mol. The van der Waals surface area contributed by atoms with E-state index in [9.17, 15) is 9.59 Å². The third kappa shape index (κ3) is 5.73. The Balaban J connectivity index is 1.85. The maximum absolute atomic E-state index is 12.9. The van der Waals surface area contributed by atoms with Gasteiger partial charge in [-0.1, -0.05) is 44.5 Å². The molecule has 3 aromatic rings. The maximum atomic E-state index is 12.9. The molecule has 1 heterocycles. The Morgan fingerprint density at radius 1 is 1.12 bits per heavy atom. The van der Waals surface area contributed by atoms with Gasteiger partial charge in [-0.3, -0.25) is 9.59 Å². The number of nitrogens with one attached hydrogen (secondary N) is 1. The number of rotatable bonds is 7. The number of hydrogen-bond acceptors (Lipinski definition) is 4. The van der Waals surface area contributed by atoms with E-state index in [-0.39, 0.29) is 23.8 Å². The van der Waals surface area contributed by atoms with Crippen LogP contribution in [0.2, 0.25) is 5.02 Å². The highest BCUT2D eigenvalue weighted by Crippen LogP contribution is 2.27. The molecule has 2 aromatic carbocycles. The van der Waals surface area contributed by atoms with Crippen LogP contribution in [0.15, 0.2) is 54.6 Å². The molecular weight excluding hydrogens is 440 g/mol. The summed E-state index contributed by atoms with van der Waals surface area (Å²) >= 11 is 6.17. The highest BCUT2D eigenvalue weighted by atomic mass is 35.5. The fourth-order valence-corrected chi connectivity index (χ4v) is 3.46. The fourth-order valence-electron chi connectivity index (χ4n) is 3.24. The molecule has 0 atom stereocenters. The van der Waals surface area contributed by atoms with Crippen molar-refractivity contribution in [3.63, 3.8) is 0 Å². The standard InChI is InChI=1S/C25H29ClN4O3/c1-6-29(24(32)19-9-7-8-10-20(19)26)16-23(31)27-22-15-21(25(2,3)4)28-30(22)17-11-13-18(33-5)14-12-17/h7-15H,6,16H2,1-5H3,(H,27,31). The molecule has 2 amide bonds. The van der Waals surface area contributed by atoms with Gasteiger partial charge in [-0.05, 0) is 43.3 Å². The third-order valence-electron chi connectivity index (χ3n) is 5.17. The third-order valence-corrected chi connectivity index (χ3v) is 5.50. The van der Waals surface area contributed by atoms with Crippen LogP contribution < -0.4 is 10.1 Å². The molecule has 0 unspecified atom stereocenters. The first-order chi connectivity index (χ1) is 15.6. The summed E-state index contributed by atoms with van der Waals surface area (Å²) in [6.45, 7) is 8.24. The van der Waals surface area contributed by atoms with E-state index in [1.807, 2.05) is 37.3 Å². The Morgan fingerprint density at radius 3 is 2.36 bits per heavy atom. The smallest absolute Gasteiger partial charge is 0.255 e. The van der Waals surface area contributed by atoms with E-state index < -0.39 is 0 Å². The molecule has 8 heteroatoms. The molecule has 0 saturated heterocycles. The average Bonchev–Trinajstić information content (AvgIpc) is 3.21. The second-order valence-corrected chi connectivity index (χ2v) is 9.03. The second kappa shape index (κ2) is 10.1. The van der Waals surface area contributed by atoms with E-state index in [0.717, 1.165) is 17.1 Å². The summed E-state index contributed by atoms with van der Waals surface area (Å²) in [7, 11) is 1.61. The average molecular weight is 469 g/mol. The van der Waals surface area contributed by atoms with Gasteiger partial charge in [-0.2, -0.15) is 5.10 Å². The van der Waals surface area contributed by atoms with Crippen molar-refractivity contribution in [2.24, 2.45) is 0 Å². The minimum Gasteiger partial charge on any atom is -0.497 e. The van der Waals surface area contributed by atoms with Crippen molar-refractivity contribution < 1.29 is 14.3 Å². The summed E-state index contributed by atoms with van der Waals surface area (Å²) < 4.78 is 6.92. The van der Waals surface area contributed by atoms with E-state index in [1.165, 1.54) is 4.90 Å². The predicted octanol–water partition coefficient (Wildman–Crippen LogP) is 4.93. The Labute approximate surface area is 199 Å². The summed E-state index contributed by atoms with van der Waals surface area (Å²) in [5.41, 5.74) is 1.76. The van der Waals surface area contributed by atoms with Crippen LogP contribution in [0.1, 0.15) is 43.7 Å². The van der Waals surface area contributed by atoms with Crippen molar-refractivity contribution in [3.05, 3.63) is 70.9 Å². The topological polar surface area (TPSA) is 76.5 Å². The molecule has 33 heavy (non-hydrogen) atoms. The van der Waals surface area contributed by atoms with Crippen molar-refractivity contribution >= 4 is 29.2 Å². The summed E-state index contributed by atoms with van der Waals surface area (Å²) in [6, 6.07) is 16.1. The molecule has 7 nitrogen and oxygen atoms in total. The van der Waals surface area contributed by atoms with Crippen LogP contribution in [0.25, 0.3) is 5.69 Å². The first-order valence-electron chi connectivity index (χ1n) is 10.7. The number of halogens is 1. The normalized spacial score (nSPS) is 11.2. The molecule has 1 aromatic heterocycles. The number of ether oxygens (including phenoxy) is 1. The number of benzene rings is 2. The molecule has 0 fully saturated rings. The van der Waals surface area contributed by atoms with Gasteiger partial charge in [0.05, 0.1) is 29.1 Å². The minimum absolute atomic E-state index is 0.112. The van der Waals surface area contributed by atoms with Crippen molar-refractivity contribution in [1.29, 1.82) is 0 Å². The quantitative estimate of drug-likeness (QED) is 0.533. The lowest BCUT2D eigenvalue weighted by Gasteiger charge is -2.21. The number of hydrogen-bond donors (Lipinski definition) is 1. The van der Waals surface area contributed by atoms with Gasteiger partial charge in [-0.25, -0.2) is 4.68 Å². The number of carbonyl (C=O) groups is 2. The minimum atomic E-state index is -0.327. The van der Waals surface area contributed by atoms with Gasteiger partial charge in [0.2, 0.25) is 5.91 Å². The fraction of sp³-hybridized carbons (Fsp3) is 0.320. The molecule has 0 radical (unpaired) electrons. The number of anilines is 1. The van der Waals surface area contributed by atoms with Crippen LogP contribution in [0, 0.1) is 0 Å². The highest BCUT2D eigenvalue weighted by molar-refractivity contribution is 6.33. The van der Waals surface area contributed by atoms with E-state index >= 15 is 0 Å². The van der Waals surface area contributed by atoms with Gasteiger partial charge in [0, 0.05) is 18.0 Å². The molecule has 174 valence electrons. The maximum Gasteiger partial charge on any atom is 0.255 e. The lowest BCUT2D eigenvalue weighted by atomic mass is 9.92. The lowest BCUT2D eigenvalue weighted by Crippen LogP contribution is -2.38. The van der Waals surface area contributed by atoms with Crippen LogP contribution in [0.3, 0.4) is 0 Å². The first kappa shape index (κ1) is 24.3. The monoisotopic (exact) mass is 468 g/mol. The molecule has 0 aliphatic carbocycles. The molecule has 0 saturated carbocycles. The van der Waals surface area contributed by atoms with E-state index in [1.54, 1.807) is 36.1 Å². The Hall–Kier alpha value is -3.32. The van der Waals surface area contributed by atoms with Gasteiger partial charge in [0.1, 0.15) is 18.1 Å². The van der Waals surface area contributed by atoms with Gasteiger partial charge >= 0.3 is 0 Å². The zero-order valence-electron chi connectivity index (χ0n) is 19.6. The van der Waals surface area contributed by atoms with Gasteiger partial charge in [0.15, 0.2) is 0 Å². The molecule has 0 bridgehead atoms. The number of aromatic nitrogens is 2. The Morgan fingerprint density at radius 2 is 1.79 bits per heavy atom. The molecule has 0 aliphatic heterocycles. The number of nitrogens with zero attached hydrogens (tertiary/aromatic N) is 3. The van der Waals surface area contributed by atoms with Gasteiger partial charge in [-0.15, -0.1) is 0 Å². The van der Waals surface area contributed by atoms with Crippen LogP contribution in [0.4, 0.5) is 5.82 Å². The Kier molecular flexibility index (Phi) is 7.43. The summed E-state index contributed by atoms with van der Waals surface area (Å²) in [5.74, 6) is 0.630. The summed E-state index contributed by atoms with van der Waals surface area (Å²) in [5, 5.41) is 7.99. The number of carbonyl (C=O) groups excluding carboxylic acids is 2. The van der Waals surface area contributed by atoms with Gasteiger partial charge < -0.3 is 15.0 Å². The van der Waals surface area contributed by atoms with Crippen molar-refractivity contribution in [1.82, 2.24) is 14.7 Å². The van der Waals surface area contributed by atoms with E-state index in [4.69, 9.17) is 21.4 Å². The number of methoxy groups -OCH3 is 1. The number of likely N-dealkylation sites (N-methyl/N-ethyl adjacent to an activating group) is 1. The van der Waals surface area contributed by atoms with Crippen molar-refractivity contribution in [2.75, 3.05) is 25.5 Å². The van der Waals surface area contributed by atoms with Crippen molar-refractivity contribution in [3.8, 4) is 11.4 Å². The van der Waals surface area contributed by atoms with E-state index in [2.05, 4.69) is 26.1 Å². The molecular formula is C25H29ClN4O3. The zero-order chi connectivity index (χ0) is 24.2. The van der Waals surface area contributed by atoms with Crippen LogP contribution in [-0.2, 0) is 10.2 Å². The van der Waals surface area contributed by atoms with E-state index in [0.29, 0.717) is 22.9 Å². The molecule has 3 rings (SSSR count).